The van der Waals surface area contributed by atoms with Gasteiger partial charge in [-0.1, -0.05) is 0 Å². The Morgan fingerprint density at radius 1 is 1.29 bits per heavy atom. The van der Waals surface area contributed by atoms with Crippen molar-refractivity contribution < 1.29 is 14.3 Å². The van der Waals surface area contributed by atoms with Gasteiger partial charge in [0.15, 0.2) is 5.69 Å². The highest BCUT2D eigenvalue weighted by Crippen LogP contribution is 2.27. The van der Waals surface area contributed by atoms with Crippen LogP contribution in [-0.4, -0.2) is 18.0 Å². The van der Waals surface area contributed by atoms with Gasteiger partial charge in [0.05, 0.1) is 12.8 Å². The average molecular weight is 284 g/mol. The molecule has 1 aromatic carbocycles. The smallest absolute Gasteiger partial charge is 0.248 e. The third-order valence-corrected chi connectivity index (χ3v) is 2.63. The maximum Gasteiger partial charge on any atom is 0.248 e. The van der Waals surface area contributed by atoms with Crippen LogP contribution in [0.1, 0.15) is 16.1 Å². The number of methoxy groups -OCH3 is 1. The Labute approximate surface area is 120 Å². The van der Waals surface area contributed by atoms with Crippen LogP contribution in [0.3, 0.4) is 0 Å². The minimum absolute atomic E-state index is 0.0607. The van der Waals surface area contributed by atoms with Crippen molar-refractivity contribution in [2.75, 3.05) is 12.8 Å². The number of carbonyl (C=O) groups is 1. The van der Waals surface area contributed by atoms with E-state index in [2.05, 4.69) is 4.98 Å². The summed E-state index contributed by atoms with van der Waals surface area (Å²) in [6.07, 6.45) is 0. The molecule has 2 aromatic rings. The second kappa shape index (κ2) is 5.79. The number of amides is 1. The highest BCUT2D eigenvalue weighted by molar-refractivity contribution is 5.93. The number of ether oxygens (including phenoxy) is 2. The number of nitrogens with zero attached hydrogens (tertiary/aromatic N) is 2. The molecule has 0 fully saturated rings. The molecule has 0 radical (unpaired) electrons. The second-order valence-electron chi connectivity index (χ2n) is 4.06. The van der Waals surface area contributed by atoms with Gasteiger partial charge in [-0.05, 0) is 18.2 Å². The molecule has 0 aliphatic rings. The van der Waals surface area contributed by atoms with Gasteiger partial charge in [0.1, 0.15) is 17.6 Å². The van der Waals surface area contributed by atoms with Gasteiger partial charge in [0.25, 0.3) is 0 Å². The molecule has 7 nitrogen and oxygen atoms in total. The number of rotatable bonds is 4. The quantitative estimate of drug-likeness (QED) is 0.875. The van der Waals surface area contributed by atoms with E-state index in [0.717, 1.165) is 0 Å². The normalized spacial score (nSPS) is 9.71. The minimum atomic E-state index is -0.610. The monoisotopic (exact) mass is 284 g/mol. The highest BCUT2D eigenvalue weighted by Gasteiger charge is 2.09. The summed E-state index contributed by atoms with van der Waals surface area (Å²) >= 11 is 0. The van der Waals surface area contributed by atoms with Gasteiger partial charge in [-0.3, -0.25) is 4.79 Å². The van der Waals surface area contributed by atoms with Crippen molar-refractivity contribution in [2.45, 2.75) is 0 Å². The number of benzene rings is 1. The molecular weight excluding hydrogens is 272 g/mol. The van der Waals surface area contributed by atoms with Crippen molar-refractivity contribution in [3.63, 3.8) is 0 Å². The van der Waals surface area contributed by atoms with Crippen LogP contribution in [0.25, 0.3) is 0 Å². The van der Waals surface area contributed by atoms with E-state index in [-0.39, 0.29) is 22.8 Å². The number of anilines is 1. The van der Waals surface area contributed by atoms with E-state index in [4.69, 9.17) is 26.2 Å². The number of hydrogen-bond acceptors (Lipinski definition) is 6. The van der Waals surface area contributed by atoms with Crippen LogP contribution in [-0.2, 0) is 0 Å². The Balaban J connectivity index is 2.37. The highest BCUT2D eigenvalue weighted by atomic mass is 16.5. The van der Waals surface area contributed by atoms with Gasteiger partial charge in [0, 0.05) is 17.7 Å². The summed E-state index contributed by atoms with van der Waals surface area (Å²) in [5, 5.41) is 8.88. The van der Waals surface area contributed by atoms with E-state index in [1.807, 2.05) is 6.07 Å². The summed E-state index contributed by atoms with van der Waals surface area (Å²) in [6, 6.07) is 9.39. The zero-order valence-corrected chi connectivity index (χ0v) is 11.2. The third kappa shape index (κ3) is 3.19. The molecule has 0 aliphatic heterocycles. The topological polar surface area (TPSA) is 124 Å². The van der Waals surface area contributed by atoms with Crippen LogP contribution in [0.15, 0.2) is 30.3 Å². The lowest BCUT2D eigenvalue weighted by atomic mass is 10.2. The van der Waals surface area contributed by atoms with Gasteiger partial charge in [0.2, 0.25) is 11.8 Å². The first-order valence-corrected chi connectivity index (χ1v) is 5.87. The van der Waals surface area contributed by atoms with Crippen LogP contribution in [0.5, 0.6) is 17.4 Å². The van der Waals surface area contributed by atoms with Crippen LogP contribution >= 0.6 is 0 Å². The summed E-state index contributed by atoms with van der Waals surface area (Å²) in [5.41, 5.74) is 11.4. The Morgan fingerprint density at radius 3 is 2.62 bits per heavy atom. The zero-order chi connectivity index (χ0) is 15.4. The molecule has 106 valence electrons. The molecule has 1 amide bonds. The first-order chi connectivity index (χ1) is 10.0. The molecule has 1 heterocycles. The summed E-state index contributed by atoms with van der Waals surface area (Å²) in [5.74, 6) is 0.285. The van der Waals surface area contributed by atoms with Gasteiger partial charge in [-0.15, -0.1) is 0 Å². The van der Waals surface area contributed by atoms with Crippen LogP contribution < -0.4 is 20.9 Å². The summed E-state index contributed by atoms with van der Waals surface area (Å²) < 4.78 is 10.6. The van der Waals surface area contributed by atoms with Crippen molar-refractivity contribution in [1.29, 1.82) is 5.26 Å². The van der Waals surface area contributed by atoms with Crippen molar-refractivity contribution in [3.05, 3.63) is 41.6 Å². The molecule has 21 heavy (non-hydrogen) atoms. The molecule has 1 aromatic heterocycles. The van der Waals surface area contributed by atoms with E-state index in [0.29, 0.717) is 11.5 Å². The minimum Gasteiger partial charge on any atom is -0.497 e. The van der Waals surface area contributed by atoms with Crippen molar-refractivity contribution >= 4 is 11.6 Å². The first kappa shape index (κ1) is 14.1. The number of hydrogen-bond donors (Lipinski definition) is 2. The standard InChI is InChI=1S/C14H12N4O3/c1-20-9-4-8(14(17)19)5-10(6-9)21-13-3-2-11(16)12(7-15)18-13/h2-6H,16H2,1H3,(H2,17,19). The fourth-order valence-electron chi connectivity index (χ4n) is 1.61. The van der Waals surface area contributed by atoms with E-state index in [1.165, 1.54) is 31.4 Å². The molecule has 0 aliphatic carbocycles. The zero-order valence-electron chi connectivity index (χ0n) is 11.2. The molecule has 4 N–H and O–H groups in total. The molecule has 7 heteroatoms. The lowest BCUT2D eigenvalue weighted by Crippen LogP contribution is -2.11. The van der Waals surface area contributed by atoms with Crippen LogP contribution in [0, 0.1) is 11.3 Å². The Kier molecular flexibility index (Phi) is 3.90. The summed E-state index contributed by atoms with van der Waals surface area (Å²) in [6.45, 7) is 0. The predicted octanol–water partition coefficient (Wildman–Crippen LogP) is 1.44. The summed E-state index contributed by atoms with van der Waals surface area (Å²) in [7, 11) is 1.46. The lowest BCUT2D eigenvalue weighted by Gasteiger charge is -2.09. The fourth-order valence-corrected chi connectivity index (χ4v) is 1.61. The maximum absolute atomic E-state index is 11.3. The fraction of sp³-hybridized carbons (Fsp3) is 0.0714. The van der Waals surface area contributed by atoms with Gasteiger partial charge in [-0.25, -0.2) is 4.98 Å². The summed E-state index contributed by atoms with van der Waals surface area (Å²) in [4.78, 5) is 15.2. The second-order valence-corrected chi connectivity index (χ2v) is 4.06. The molecule has 0 saturated heterocycles. The molecule has 0 unspecified atom stereocenters. The molecule has 0 saturated carbocycles. The number of carbonyl (C=O) groups excluding carboxylic acids is 1. The van der Waals surface area contributed by atoms with Crippen molar-refractivity contribution in [2.24, 2.45) is 5.73 Å². The van der Waals surface area contributed by atoms with Crippen molar-refractivity contribution in [1.82, 2.24) is 4.98 Å². The predicted molar refractivity (Wildman–Crippen MR) is 75.0 cm³/mol. The number of pyridine rings is 1. The molecule has 0 atom stereocenters. The SMILES string of the molecule is COc1cc(Oc2ccc(N)c(C#N)n2)cc(C(N)=O)c1. The lowest BCUT2D eigenvalue weighted by molar-refractivity contribution is 0.0999. The molecule has 2 rings (SSSR count). The maximum atomic E-state index is 11.3. The number of nitrogen functional groups attached to an aromatic ring is 1. The first-order valence-electron chi connectivity index (χ1n) is 5.87. The Hall–Kier alpha value is -3.27. The van der Waals surface area contributed by atoms with Gasteiger partial charge < -0.3 is 20.9 Å². The van der Waals surface area contributed by atoms with Crippen LogP contribution in [0.4, 0.5) is 5.69 Å². The van der Waals surface area contributed by atoms with E-state index in [9.17, 15) is 4.79 Å². The van der Waals surface area contributed by atoms with E-state index < -0.39 is 5.91 Å². The van der Waals surface area contributed by atoms with Crippen molar-refractivity contribution in [3.8, 4) is 23.4 Å². The molecule has 0 bridgehead atoms. The average Bonchev–Trinajstić information content (AvgIpc) is 2.48. The number of nitriles is 1. The van der Waals surface area contributed by atoms with Gasteiger partial charge in [-0.2, -0.15) is 5.26 Å². The third-order valence-electron chi connectivity index (χ3n) is 2.63. The molecular formula is C14H12N4O3. The van der Waals surface area contributed by atoms with E-state index in [1.54, 1.807) is 6.07 Å². The van der Waals surface area contributed by atoms with Crippen LogP contribution in [0.2, 0.25) is 0 Å². The molecule has 0 spiro atoms. The largest absolute Gasteiger partial charge is 0.497 e. The van der Waals surface area contributed by atoms with Gasteiger partial charge >= 0.3 is 0 Å². The number of primary amides is 1. The Bertz CT molecular complexity index is 737. The number of aromatic nitrogens is 1. The Morgan fingerprint density at radius 2 is 2.00 bits per heavy atom. The van der Waals surface area contributed by atoms with E-state index >= 15 is 0 Å². The number of nitrogens with two attached hydrogens (primary N) is 2.